The topological polar surface area (TPSA) is 125 Å². The molecule has 2 aliphatic heterocycles. The Morgan fingerprint density at radius 2 is 1.94 bits per heavy atom. The summed E-state index contributed by atoms with van der Waals surface area (Å²) in [4.78, 5) is 24.8. The maximum atomic E-state index is 11.6. The molecule has 5 atom stereocenters. The van der Waals surface area contributed by atoms with Gasteiger partial charge in [0.15, 0.2) is 6.23 Å². The van der Waals surface area contributed by atoms with Gasteiger partial charge in [-0.25, -0.2) is 4.79 Å². The average Bonchev–Trinajstić information content (AvgIpc) is 2.52. The normalized spacial score (nSPS) is 39.1. The van der Waals surface area contributed by atoms with E-state index in [9.17, 15) is 24.9 Å². The highest BCUT2D eigenvalue weighted by Gasteiger charge is 2.52. The maximum Gasteiger partial charge on any atom is 0.330 e. The lowest BCUT2D eigenvalue weighted by Gasteiger charge is -2.29. The van der Waals surface area contributed by atoms with Crippen molar-refractivity contribution in [1.29, 1.82) is 0 Å². The zero-order chi connectivity index (χ0) is 12.3. The number of aromatic amines is 1. The van der Waals surface area contributed by atoms with Crippen LogP contribution in [0.4, 0.5) is 0 Å². The van der Waals surface area contributed by atoms with Crippen LogP contribution in [-0.2, 0) is 4.74 Å². The van der Waals surface area contributed by atoms with E-state index in [0.29, 0.717) is 0 Å². The molecule has 8 nitrogen and oxygen atoms in total. The van der Waals surface area contributed by atoms with Crippen LogP contribution in [0.3, 0.4) is 0 Å². The first kappa shape index (κ1) is 10.7. The van der Waals surface area contributed by atoms with E-state index in [0.717, 1.165) is 10.6 Å². The van der Waals surface area contributed by atoms with Crippen LogP contribution in [0.25, 0.3) is 0 Å². The smallest absolute Gasteiger partial charge is 0.330 e. The second-order valence-electron chi connectivity index (χ2n) is 4.15. The molecule has 92 valence electrons. The second kappa shape index (κ2) is 3.26. The maximum absolute atomic E-state index is 11.6. The summed E-state index contributed by atoms with van der Waals surface area (Å²) in [6, 6.07) is 1.05. The van der Waals surface area contributed by atoms with Gasteiger partial charge in [0.25, 0.3) is 5.56 Å². The first-order valence-corrected chi connectivity index (χ1v) is 5.06. The van der Waals surface area contributed by atoms with Crippen LogP contribution in [0.1, 0.15) is 18.0 Å². The summed E-state index contributed by atoms with van der Waals surface area (Å²) in [6.07, 6.45) is -6.06. The first-order chi connectivity index (χ1) is 8.00. The number of rotatable bonds is 0. The monoisotopic (exact) mass is 242 g/mol. The Morgan fingerprint density at radius 3 is 2.65 bits per heavy atom. The van der Waals surface area contributed by atoms with Gasteiger partial charge in [0.05, 0.1) is 5.69 Å². The molecule has 0 saturated carbocycles. The van der Waals surface area contributed by atoms with Crippen molar-refractivity contribution in [2.75, 3.05) is 0 Å². The van der Waals surface area contributed by atoms with E-state index in [2.05, 4.69) is 0 Å². The molecule has 1 aromatic heterocycles. The van der Waals surface area contributed by atoms with E-state index in [1.165, 1.54) is 0 Å². The summed E-state index contributed by atoms with van der Waals surface area (Å²) < 4.78 is 6.12. The minimum atomic E-state index is -1.33. The molecular weight excluding hydrogens is 232 g/mol. The van der Waals surface area contributed by atoms with Gasteiger partial charge in [0.1, 0.15) is 24.4 Å². The number of nitrogens with zero attached hydrogens (tertiary/aromatic N) is 1. The predicted octanol–water partition coefficient (Wildman–Crippen LogP) is -2.80. The average molecular weight is 242 g/mol. The number of hydrogen-bond donors (Lipinski definition) is 4. The third kappa shape index (κ3) is 1.26. The SMILES string of the molecule is O=c1cc2n(c(=O)[nH]1)[C@@H]1O[C@H](C2O)C(O)C1O. The van der Waals surface area contributed by atoms with Gasteiger partial charge in [-0.05, 0) is 0 Å². The van der Waals surface area contributed by atoms with Crippen LogP contribution in [-0.4, -0.2) is 43.2 Å². The van der Waals surface area contributed by atoms with Gasteiger partial charge in [0.2, 0.25) is 0 Å². The van der Waals surface area contributed by atoms with Gasteiger partial charge in [-0.15, -0.1) is 0 Å². The lowest BCUT2D eigenvalue weighted by atomic mass is 10.1. The number of nitrogens with one attached hydrogen (secondary N) is 1. The Labute approximate surface area is 93.7 Å². The zero-order valence-electron chi connectivity index (χ0n) is 8.48. The highest BCUT2D eigenvalue weighted by Crippen LogP contribution is 2.40. The molecule has 4 N–H and O–H groups in total. The van der Waals surface area contributed by atoms with Crippen LogP contribution in [0.15, 0.2) is 15.7 Å². The fraction of sp³-hybridized carbons (Fsp3) is 0.556. The summed E-state index contributed by atoms with van der Waals surface area (Å²) in [5, 5.41) is 29.2. The van der Waals surface area contributed by atoms with Crippen LogP contribution in [0.5, 0.6) is 0 Å². The minimum absolute atomic E-state index is 0.0376. The number of H-pyrrole nitrogens is 1. The molecule has 17 heavy (non-hydrogen) atoms. The molecule has 0 aliphatic carbocycles. The number of aliphatic hydroxyl groups excluding tert-OH is 3. The molecule has 0 radical (unpaired) electrons. The summed E-state index contributed by atoms with van der Waals surface area (Å²) in [5.74, 6) is 0. The molecule has 0 spiro atoms. The van der Waals surface area contributed by atoms with Crippen molar-refractivity contribution in [2.45, 2.75) is 30.6 Å². The van der Waals surface area contributed by atoms with Gasteiger partial charge in [-0.1, -0.05) is 0 Å². The Morgan fingerprint density at radius 1 is 1.24 bits per heavy atom. The van der Waals surface area contributed by atoms with Crippen LogP contribution in [0, 0.1) is 0 Å². The number of fused-ring (bicyclic) bond motifs is 4. The fourth-order valence-corrected chi connectivity index (χ4v) is 2.34. The van der Waals surface area contributed by atoms with Crippen molar-refractivity contribution in [2.24, 2.45) is 0 Å². The molecule has 3 unspecified atom stereocenters. The Kier molecular flexibility index (Phi) is 2.05. The molecule has 0 amide bonds. The van der Waals surface area contributed by atoms with Crippen LogP contribution >= 0.6 is 0 Å². The van der Waals surface area contributed by atoms with Crippen LogP contribution < -0.4 is 11.2 Å². The summed E-state index contributed by atoms with van der Waals surface area (Å²) >= 11 is 0. The van der Waals surface area contributed by atoms with E-state index < -0.39 is 41.9 Å². The molecule has 1 aromatic rings. The van der Waals surface area contributed by atoms with E-state index >= 15 is 0 Å². The lowest BCUT2D eigenvalue weighted by Crippen LogP contribution is -2.42. The Balaban J connectivity index is 2.28. The van der Waals surface area contributed by atoms with Crippen molar-refractivity contribution in [3.63, 3.8) is 0 Å². The fourth-order valence-electron chi connectivity index (χ4n) is 2.34. The van der Waals surface area contributed by atoms with Crippen molar-refractivity contribution >= 4 is 0 Å². The molecule has 2 bridgehead atoms. The highest BCUT2D eigenvalue weighted by molar-refractivity contribution is 5.15. The Bertz CT molecular complexity index is 578. The molecule has 8 heteroatoms. The van der Waals surface area contributed by atoms with Gasteiger partial charge in [-0.3, -0.25) is 14.3 Å². The van der Waals surface area contributed by atoms with Crippen molar-refractivity contribution < 1.29 is 20.1 Å². The molecule has 2 aliphatic rings. The quantitative estimate of drug-likeness (QED) is 0.389. The number of aromatic nitrogens is 2. The Hall–Kier alpha value is -1.48. The van der Waals surface area contributed by atoms with E-state index in [-0.39, 0.29) is 5.69 Å². The number of aliphatic hydroxyl groups is 3. The summed E-state index contributed by atoms with van der Waals surface area (Å²) in [7, 11) is 0. The van der Waals surface area contributed by atoms with E-state index in [4.69, 9.17) is 4.74 Å². The predicted molar refractivity (Wildman–Crippen MR) is 52.2 cm³/mol. The van der Waals surface area contributed by atoms with E-state index in [1.54, 1.807) is 0 Å². The molecule has 0 aromatic carbocycles. The number of ether oxygens (including phenoxy) is 1. The third-order valence-electron chi connectivity index (χ3n) is 3.15. The first-order valence-electron chi connectivity index (χ1n) is 5.06. The van der Waals surface area contributed by atoms with Crippen molar-refractivity contribution in [1.82, 2.24) is 9.55 Å². The summed E-state index contributed by atoms with van der Waals surface area (Å²) in [5.41, 5.74) is -1.40. The second-order valence-corrected chi connectivity index (χ2v) is 4.15. The summed E-state index contributed by atoms with van der Waals surface area (Å²) in [6.45, 7) is 0. The van der Waals surface area contributed by atoms with Gasteiger partial charge < -0.3 is 20.1 Å². The highest BCUT2D eigenvalue weighted by atomic mass is 16.6. The molecule has 1 saturated heterocycles. The largest absolute Gasteiger partial charge is 0.387 e. The molecule has 3 rings (SSSR count). The van der Waals surface area contributed by atoms with Gasteiger partial charge >= 0.3 is 5.69 Å². The standard InChI is InChI=1S/C9H10N2O6/c12-3-1-2-4(13)7-5(14)6(15)8(17-7)11(2)9(16)10-3/h1,4-8,13-15H,(H,10,12,16)/t4?,5?,6?,7-,8-/m1/s1. The zero-order valence-corrected chi connectivity index (χ0v) is 8.48. The molecule has 3 heterocycles. The van der Waals surface area contributed by atoms with E-state index in [1.807, 2.05) is 4.98 Å². The van der Waals surface area contributed by atoms with Crippen molar-refractivity contribution in [3.05, 3.63) is 32.6 Å². The third-order valence-corrected chi connectivity index (χ3v) is 3.15. The van der Waals surface area contributed by atoms with Crippen LogP contribution in [0.2, 0.25) is 0 Å². The van der Waals surface area contributed by atoms with Gasteiger partial charge in [-0.2, -0.15) is 0 Å². The molecule has 1 fully saturated rings. The molecular formula is C9H10N2O6. The number of hydrogen-bond acceptors (Lipinski definition) is 6. The van der Waals surface area contributed by atoms with Crippen molar-refractivity contribution in [3.8, 4) is 0 Å². The van der Waals surface area contributed by atoms with Gasteiger partial charge in [0, 0.05) is 6.07 Å². The minimum Gasteiger partial charge on any atom is -0.387 e. The lowest BCUT2D eigenvalue weighted by molar-refractivity contribution is -0.116.